The summed E-state index contributed by atoms with van der Waals surface area (Å²) in [5, 5.41) is 3.82. The Morgan fingerprint density at radius 1 is 0.470 bits per heavy atom. The van der Waals surface area contributed by atoms with Gasteiger partial charge in [-0.1, -0.05) is 36.4 Å². The molecule has 0 spiro atoms. The Labute approximate surface area is 377 Å². The second-order valence-electron chi connectivity index (χ2n) is 16.6. The van der Waals surface area contributed by atoms with Crippen LogP contribution in [0.3, 0.4) is 0 Å². The minimum atomic E-state index is -0.292. The smallest absolute Gasteiger partial charge is 0.133 e. The van der Waals surface area contributed by atoms with Gasteiger partial charge in [-0.2, -0.15) is 0 Å². The van der Waals surface area contributed by atoms with Gasteiger partial charge in [0, 0.05) is 68.8 Å². The normalized spacial score (nSPS) is 11.7. The van der Waals surface area contributed by atoms with Crippen LogP contribution in [0.5, 0.6) is 0 Å². The van der Waals surface area contributed by atoms with E-state index in [-0.39, 0.29) is 11.6 Å². The number of aromatic amines is 2. The first kappa shape index (κ1) is 40.7. The number of nitrogens with one attached hydrogen (secondary N) is 2. The van der Waals surface area contributed by atoms with Crippen LogP contribution in [0.25, 0.3) is 99.3 Å². The molecule has 324 valence electrons. The highest BCUT2D eigenvalue weighted by Crippen LogP contribution is 2.35. The minimum Gasteiger partial charge on any atom is -0.361 e. The fourth-order valence-corrected chi connectivity index (χ4v) is 8.96. The summed E-state index contributed by atoms with van der Waals surface area (Å²) < 4.78 is 34.4. The molecule has 6 aromatic carbocycles. The lowest BCUT2D eigenvalue weighted by Crippen LogP contribution is -2.00. The van der Waals surface area contributed by atoms with Crippen molar-refractivity contribution in [1.29, 1.82) is 0 Å². The first-order chi connectivity index (χ1) is 32.4. The number of hydrogen-bond donors (Lipinski definition) is 4. The molecule has 0 unspecified atom stereocenters. The zero-order chi connectivity index (χ0) is 44.7. The third kappa shape index (κ3) is 7.51. The van der Waals surface area contributed by atoms with Crippen molar-refractivity contribution in [3.63, 3.8) is 0 Å². The molecule has 66 heavy (non-hydrogen) atoms. The van der Waals surface area contributed by atoms with Gasteiger partial charge in [-0.15, -0.1) is 0 Å². The van der Waals surface area contributed by atoms with Crippen LogP contribution < -0.4 is 11.5 Å². The minimum absolute atomic E-state index is 0.292. The Hall–Kier alpha value is -8.06. The predicted octanol–water partition coefficient (Wildman–Crippen LogP) is 11.5. The molecule has 0 aliphatic heterocycles. The number of aryl methyl sites for hydroxylation is 2. The maximum absolute atomic E-state index is 15.1. The van der Waals surface area contributed by atoms with Crippen molar-refractivity contribution in [2.45, 2.75) is 25.7 Å². The topological polar surface area (TPSA) is 145 Å². The van der Waals surface area contributed by atoms with Crippen LogP contribution >= 0.6 is 0 Å². The number of pyridine rings is 2. The van der Waals surface area contributed by atoms with Crippen LogP contribution in [-0.4, -0.2) is 52.1 Å². The van der Waals surface area contributed by atoms with E-state index >= 15 is 8.78 Å². The van der Waals surface area contributed by atoms with E-state index in [2.05, 4.69) is 78.4 Å². The fraction of sp³-hybridized carbons (Fsp3) is 0.111. The second-order valence-corrected chi connectivity index (χ2v) is 16.6. The van der Waals surface area contributed by atoms with E-state index in [1.165, 1.54) is 23.3 Å². The summed E-state index contributed by atoms with van der Waals surface area (Å²) in [6, 6.07) is 39.5. The average molecular weight is 871 g/mol. The number of nitrogens with two attached hydrogens (primary N) is 2. The van der Waals surface area contributed by atoms with E-state index < -0.39 is 0 Å². The van der Waals surface area contributed by atoms with Crippen molar-refractivity contribution in [2.75, 3.05) is 13.1 Å². The molecular formula is C54H44F2N10. The second kappa shape index (κ2) is 17.1. The molecule has 0 amide bonds. The van der Waals surface area contributed by atoms with Gasteiger partial charge in [-0.05, 0) is 145 Å². The van der Waals surface area contributed by atoms with Crippen LogP contribution in [0, 0.1) is 11.6 Å². The highest BCUT2D eigenvalue weighted by atomic mass is 19.1. The van der Waals surface area contributed by atoms with Crippen LogP contribution in [0.4, 0.5) is 8.78 Å². The molecule has 0 bridgehead atoms. The molecule has 0 radical (unpaired) electrons. The van der Waals surface area contributed by atoms with Gasteiger partial charge in [-0.25, -0.2) is 18.7 Å². The van der Waals surface area contributed by atoms with Crippen LogP contribution in [0.15, 0.2) is 159 Å². The molecule has 0 aliphatic rings. The largest absolute Gasteiger partial charge is 0.361 e. The lowest BCUT2D eigenvalue weighted by Gasteiger charge is -2.10. The first-order valence-corrected chi connectivity index (χ1v) is 22.1. The summed E-state index contributed by atoms with van der Waals surface area (Å²) in [5.41, 5.74) is 25.2. The number of benzene rings is 6. The molecule has 0 fully saturated rings. The number of rotatable bonds is 10. The molecule has 12 aromatic rings. The summed E-state index contributed by atoms with van der Waals surface area (Å²) in [5.74, 6) is -0.584. The third-order valence-electron chi connectivity index (χ3n) is 12.4. The first-order valence-electron chi connectivity index (χ1n) is 22.1. The Morgan fingerprint density at radius 3 is 1.33 bits per heavy atom. The van der Waals surface area contributed by atoms with E-state index in [0.717, 1.165) is 103 Å². The molecule has 10 nitrogen and oxygen atoms in total. The molecule has 6 N–H and O–H groups in total. The fourth-order valence-electron chi connectivity index (χ4n) is 8.96. The molecule has 0 saturated carbocycles. The maximum Gasteiger partial charge on any atom is 0.133 e. The van der Waals surface area contributed by atoms with E-state index in [1.54, 1.807) is 25.0 Å². The summed E-state index contributed by atoms with van der Waals surface area (Å²) in [7, 11) is 0. The summed E-state index contributed by atoms with van der Waals surface area (Å²) in [6.07, 6.45) is 14.6. The average Bonchev–Trinajstić information content (AvgIpc) is 4.19. The van der Waals surface area contributed by atoms with E-state index in [1.807, 2.05) is 82.2 Å². The molecule has 6 heterocycles. The van der Waals surface area contributed by atoms with Crippen molar-refractivity contribution in [1.82, 2.24) is 39.0 Å². The molecule has 12 rings (SSSR count). The number of halogens is 2. The van der Waals surface area contributed by atoms with E-state index in [9.17, 15) is 0 Å². The van der Waals surface area contributed by atoms with Crippen LogP contribution in [0.1, 0.15) is 24.0 Å². The van der Waals surface area contributed by atoms with Crippen LogP contribution in [-0.2, 0) is 12.8 Å². The number of fused-ring (bicyclic) bond motifs is 8. The Kier molecular flexibility index (Phi) is 10.6. The van der Waals surface area contributed by atoms with Gasteiger partial charge in [0.05, 0.1) is 34.5 Å². The lowest BCUT2D eigenvalue weighted by molar-refractivity contribution is 0.632. The third-order valence-corrected chi connectivity index (χ3v) is 12.4. The van der Waals surface area contributed by atoms with E-state index in [0.29, 0.717) is 35.2 Å². The van der Waals surface area contributed by atoms with Gasteiger partial charge in [0.2, 0.25) is 0 Å². The molecule has 0 saturated heterocycles. The van der Waals surface area contributed by atoms with Crippen molar-refractivity contribution in [2.24, 2.45) is 11.5 Å². The highest BCUT2D eigenvalue weighted by molar-refractivity contribution is 6.06. The quantitative estimate of drug-likeness (QED) is 0.108. The molecule has 0 atom stereocenters. The van der Waals surface area contributed by atoms with Crippen molar-refractivity contribution in [3.05, 3.63) is 182 Å². The van der Waals surface area contributed by atoms with Crippen LogP contribution in [0.2, 0.25) is 0 Å². The summed E-state index contributed by atoms with van der Waals surface area (Å²) >= 11 is 0. The van der Waals surface area contributed by atoms with Crippen molar-refractivity contribution < 1.29 is 8.78 Å². The van der Waals surface area contributed by atoms with Gasteiger partial charge >= 0.3 is 0 Å². The predicted molar refractivity (Wildman–Crippen MR) is 262 cm³/mol. The van der Waals surface area contributed by atoms with Gasteiger partial charge in [0.25, 0.3) is 0 Å². The number of aromatic nitrogens is 8. The summed E-state index contributed by atoms with van der Waals surface area (Å²) in [4.78, 5) is 24.4. The standard InChI is InChI=1S/2C27H22FN5/c2*28-23-14-25-22(13-21(23)18-5-8-24-19(12-18)9-11-30-24)27-26(15-31-25)32-16-33(27)20-6-3-17(4-7-20)2-1-10-29/h2*3-9,11-16,30H,1-2,10,29H2. The number of imidazole rings is 2. The van der Waals surface area contributed by atoms with E-state index in [4.69, 9.17) is 11.5 Å². The SMILES string of the molecule is NCCCc1ccc(-n2cnc3cnc4cc(F)c(-c5ccc6[nH]ccc6c5)cc4c32)cc1.NCCCc1ccc(-n2cnc3cnc4cc(F)c(-c5ccc6[nH]ccc6c5)cc4c32)cc1. The van der Waals surface area contributed by atoms with Gasteiger partial charge < -0.3 is 21.4 Å². The zero-order valence-electron chi connectivity index (χ0n) is 35.8. The van der Waals surface area contributed by atoms with Crippen molar-refractivity contribution >= 4 is 65.7 Å². The zero-order valence-corrected chi connectivity index (χ0v) is 35.8. The number of hydrogen-bond acceptors (Lipinski definition) is 6. The van der Waals surface area contributed by atoms with Crippen molar-refractivity contribution in [3.8, 4) is 33.6 Å². The molecule has 0 aliphatic carbocycles. The lowest BCUT2D eigenvalue weighted by atomic mass is 10.0. The van der Waals surface area contributed by atoms with Gasteiger partial charge in [0.1, 0.15) is 35.3 Å². The number of nitrogens with zero attached hydrogens (tertiary/aromatic N) is 6. The molecule has 6 aromatic heterocycles. The number of H-pyrrole nitrogens is 2. The Balaban J connectivity index is 0.000000146. The summed E-state index contributed by atoms with van der Waals surface area (Å²) in [6.45, 7) is 1.37. The maximum atomic E-state index is 15.1. The van der Waals surface area contributed by atoms with Gasteiger partial charge in [0.15, 0.2) is 0 Å². The highest BCUT2D eigenvalue weighted by Gasteiger charge is 2.17. The van der Waals surface area contributed by atoms with Gasteiger partial charge in [-0.3, -0.25) is 19.1 Å². The Morgan fingerprint density at radius 2 is 0.909 bits per heavy atom. The molecule has 12 heteroatoms. The molecular weight excluding hydrogens is 827 g/mol. The monoisotopic (exact) mass is 870 g/mol. The Bertz CT molecular complexity index is 3470.